The summed E-state index contributed by atoms with van der Waals surface area (Å²) in [6.07, 6.45) is 1.55. The molecule has 0 fully saturated rings. The molecule has 3 rings (SSSR count). The number of aromatic nitrogens is 3. The summed E-state index contributed by atoms with van der Waals surface area (Å²) in [4.78, 5) is 24.1. The van der Waals surface area contributed by atoms with Crippen molar-refractivity contribution in [2.75, 3.05) is 13.1 Å². The molecule has 0 saturated carbocycles. The lowest BCUT2D eigenvalue weighted by Gasteiger charge is -2.07. The lowest BCUT2D eigenvalue weighted by molar-refractivity contribution is 0.0925. The molecule has 8 heteroatoms. The zero-order valence-electron chi connectivity index (χ0n) is 13.7. The van der Waals surface area contributed by atoms with Gasteiger partial charge in [0.2, 0.25) is 0 Å². The fraction of sp³-hybridized carbons (Fsp3) is 0.111. The second-order valence-electron chi connectivity index (χ2n) is 5.38. The van der Waals surface area contributed by atoms with E-state index in [1.54, 1.807) is 30.5 Å². The lowest BCUT2D eigenvalue weighted by Crippen LogP contribution is -2.34. The highest BCUT2D eigenvalue weighted by Gasteiger charge is 2.12. The van der Waals surface area contributed by atoms with Crippen LogP contribution in [0, 0.1) is 0 Å². The number of benzene rings is 2. The summed E-state index contributed by atoms with van der Waals surface area (Å²) < 4.78 is 1.52. The van der Waals surface area contributed by atoms with Gasteiger partial charge in [-0.3, -0.25) is 9.59 Å². The van der Waals surface area contributed by atoms with Gasteiger partial charge in [0, 0.05) is 13.1 Å². The molecule has 2 aromatic carbocycles. The molecular formula is C18H16ClN5O2. The minimum atomic E-state index is -0.362. The number of hydrogen-bond acceptors (Lipinski definition) is 4. The number of rotatable bonds is 6. The Labute approximate surface area is 155 Å². The standard InChI is InChI=1S/C18H16ClN5O2/c19-15-9-5-4-8-14(15)17(25)20-10-11-21-18(26)16-12-24(23-22-16)13-6-2-1-3-7-13/h1-9,12H,10-11H2,(H,20,25)(H,21,26). The topological polar surface area (TPSA) is 88.9 Å². The average Bonchev–Trinajstić information content (AvgIpc) is 3.16. The first kappa shape index (κ1) is 17.6. The van der Waals surface area contributed by atoms with E-state index in [2.05, 4.69) is 20.9 Å². The van der Waals surface area contributed by atoms with Crippen molar-refractivity contribution < 1.29 is 9.59 Å². The molecule has 0 saturated heterocycles. The number of amides is 2. The lowest BCUT2D eigenvalue weighted by atomic mass is 10.2. The van der Waals surface area contributed by atoms with Crippen LogP contribution in [0.5, 0.6) is 0 Å². The van der Waals surface area contributed by atoms with Crippen molar-refractivity contribution in [3.63, 3.8) is 0 Å². The monoisotopic (exact) mass is 369 g/mol. The molecule has 26 heavy (non-hydrogen) atoms. The molecule has 0 spiro atoms. The SMILES string of the molecule is O=C(NCCNC(=O)c1ccccc1Cl)c1cn(-c2ccccc2)nn1. The molecule has 0 aliphatic rings. The summed E-state index contributed by atoms with van der Waals surface area (Å²) in [6.45, 7) is 0.524. The Balaban J connectivity index is 1.48. The number of carbonyl (C=O) groups excluding carboxylic acids is 2. The average molecular weight is 370 g/mol. The zero-order chi connectivity index (χ0) is 18.4. The maximum Gasteiger partial charge on any atom is 0.273 e. The van der Waals surface area contributed by atoms with Gasteiger partial charge in [-0.1, -0.05) is 47.1 Å². The van der Waals surface area contributed by atoms with Gasteiger partial charge in [0.25, 0.3) is 11.8 Å². The van der Waals surface area contributed by atoms with Crippen molar-refractivity contribution in [3.05, 3.63) is 77.1 Å². The van der Waals surface area contributed by atoms with E-state index >= 15 is 0 Å². The fourth-order valence-corrected chi connectivity index (χ4v) is 2.48. The van der Waals surface area contributed by atoms with Crippen molar-refractivity contribution in [2.24, 2.45) is 0 Å². The van der Waals surface area contributed by atoms with Gasteiger partial charge in [0.15, 0.2) is 5.69 Å². The molecule has 7 nitrogen and oxygen atoms in total. The number of hydrogen-bond donors (Lipinski definition) is 2. The van der Waals surface area contributed by atoms with Gasteiger partial charge in [-0.25, -0.2) is 4.68 Å². The molecule has 0 bridgehead atoms. The molecule has 0 radical (unpaired) electrons. The van der Waals surface area contributed by atoms with Gasteiger partial charge in [0.05, 0.1) is 22.5 Å². The van der Waals surface area contributed by atoms with Crippen LogP contribution in [-0.4, -0.2) is 39.9 Å². The quantitative estimate of drug-likeness (QED) is 0.651. The van der Waals surface area contributed by atoms with Crippen LogP contribution in [0.3, 0.4) is 0 Å². The van der Waals surface area contributed by atoms with E-state index in [1.807, 2.05) is 30.3 Å². The summed E-state index contributed by atoms with van der Waals surface area (Å²) in [6, 6.07) is 16.1. The summed E-state index contributed by atoms with van der Waals surface area (Å²) in [5.74, 6) is -0.654. The Morgan fingerprint density at radius 2 is 1.58 bits per heavy atom. The molecule has 1 aromatic heterocycles. The highest BCUT2D eigenvalue weighted by Crippen LogP contribution is 2.14. The first-order valence-corrected chi connectivity index (χ1v) is 8.31. The molecule has 132 valence electrons. The third-order valence-electron chi connectivity index (χ3n) is 3.56. The van der Waals surface area contributed by atoms with Gasteiger partial charge in [-0.15, -0.1) is 5.10 Å². The first-order valence-electron chi connectivity index (χ1n) is 7.94. The number of carbonyl (C=O) groups is 2. The Hall–Kier alpha value is -3.19. The predicted molar refractivity (Wildman–Crippen MR) is 97.5 cm³/mol. The molecular weight excluding hydrogens is 354 g/mol. The predicted octanol–water partition coefficient (Wildman–Crippen LogP) is 2.08. The van der Waals surface area contributed by atoms with Gasteiger partial charge >= 0.3 is 0 Å². The number of para-hydroxylation sites is 1. The highest BCUT2D eigenvalue weighted by atomic mass is 35.5. The van der Waals surface area contributed by atoms with Crippen LogP contribution in [-0.2, 0) is 0 Å². The third-order valence-corrected chi connectivity index (χ3v) is 3.89. The smallest absolute Gasteiger partial charge is 0.273 e. The Bertz CT molecular complexity index is 911. The number of nitrogens with zero attached hydrogens (tertiary/aromatic N) is 3. The van der Waals surface area contributed by atoms with Crippen LogP contribution < -0.4 is 10.6 Å². The Morgan fingerprint density at radius 3 is 2.31 bits per heavy atom. The van der Waals surface area contributed by atoms with Crippen molar-refractivity contribution in [1.82, 2.24) is 25.6 Å². The summed E-state index contributed by atoms with van der Waals surface area (Å²) in [7, 11) is 0. The van der Waals surface area contributed by atoms with Gasteiger partial charge in [-0.2, -0.15) is 0 Å². The molecule has 2 amide bonds. The summed E-state index contributed by atoms with van der Waals surface area (Å²) in [5.41, 5.74) is 1.41. The second-order valence-corrected chi connectivity index (χ2v) is 5.78. The molecule has 3 aromatic rings. The van der Waals surface area contributed by atoms with Crippen LogP contribution in [0.2, 0.25) is 5.02 Å². The van der Waals surface area contributed by atoms with Gasteiger partial charge < -0.3 is 10.6 Å². The van der Waals surface area contributed by atoms with Crippen LogP contribution in [0.25, 0.3) is 5.69 Å². The van der Waals surface area contributed by atoms with Crippen molar-refractivity contribution in [2.45, 2.75) is 0 Å². The van der Waals surface area contributed by atoms with Crippen LogP contribution in [0.15, 0.2) is 60.8 Å². The number of halogens is 1. The fourth-order valence-electron chi connectivity index (χ4n) is 2.26. The van der Waals surface area contributed by atoms with E-state index in [0.29, 0.717) is 10.6 Å². The molecule has 0 unspecified atom stereocenters. The molecule has 0 aliphatic heterocycles. The molecule has 1 heterocycles. The number of nitrogens with one attached hydrogen (secondary N) is 2. The summed E-state index contributed by atoms with van der Waals surface area (Å²) >= 11 is 5.97. The van der Waals surface area contributed by atoms with E-state index in [0.717, 1.165) is 5.69 Å². The molecule has 2 N–H and O–H groups in total. The highest BCUT2D eigenvalue weighted by molar-refractivity contribution is 6.33. The summed E-state index contributed by atoms with van der Waals surface area (Å²) in [5, 5.41) is 13.6. The van der Waals surface area contributed by atoms with Crippen molar-refractivity contribution in [1.29, 1.82) is 0 Å². The first-order chi connectivity index (χ1) is 12.6. The Morgan fingerprint density at radius 1 is 0.923 bits per heavy atom. The van der Waals surface area contributed by atoms with E-state index in [1.165, 1.54) is 4.68 Å². The van der Waals surface area contributed by atoms with Gasteiger partial charge in [0.1, 0.15) is 0 Å². The van der Waals surface area contributed by atoms with Crippen LogP contribution >= 0.6 is 11.6 Å². The molecule has 0 atom stereocenters. The molecule has 0 aliphatic carbocycles. The second kappa shape index (κ2) is 8.26. The maximum absolute atomic E-state index is 12.1. The third kappa shape index (κ3) is 4.25. The van der Waals surface area contributed by atoms with Crippen molar-refractivity contribution >= 4 is 23.4 Å². The minimum absolute atomic E-state index is 0.200. The van der Waals surface area contributed by atoms with Gasteiger partial charge in [-0.05, 0) is 24.3 Å². The van der Waals surface area contributed by atoms with Crippen molar-refractivity contribution in [3.8, 4) is 5.69 Å². The van der Waals surface area contributed by atoms with E-state index < -0.39 is 0 Å². The van der Waals surface area contributed by atoms with Crippen LogP contribution in [0.1, 0.15) is 20.8 Å². The maximum atomic E-state index is 12.1. The minimum Gasteiger partial charge on any atom is -0.350 e. The Kier molecular flexibility index (Phi) is 5.60. The van der Waals surface area contributed by atoms with E-state index in [-0.39, 0.29) is 30.6 Å². The van der Waals surface area contributed by atoms with E-state index in [4.69, 9.17) is 11.6 Å². The van der Waals surface area contributed by atoms with E-state index in [9.17, 15) is 9.59 Å². The zero-order valence-corrected chi connectivity index (χ0v) is 14.5. The normalized spacial score (nSPS) is 10.3. The largest absolute Gasteiger partial charge is 0.350 e. The van der Waals surface area contributed by atoms with Crippen LogP contribution in [0.4, 0.5) is 0 Å².